The maximum Gasteiger partial charge on any atom is 0.251 e. The predicted molar refractivity (Wildman–Crippen MR) is 127 cm³/mol. The first-order valence-corrected chi connectivity index (χ1v) is 11.0. The summed E-state index contributed by atoms with van der Waals surface area (Å²) in [5, 5.41) is 15.8. The van der Waals surface area contributed by atoms with Crippen molar-refractivity contribution >= 4 is 16.9 Å². The largest absolute Gasteiger partial charge is 0.345 e. The van der Waals surface area contributed by atoms with Gasteiger partial charge in [0.05, 0.1) is 30.0 Å². The summed E-state index contributed by atoms with van der Waals surface area (Å²) in [4.78, 5) is 12.8. The molecule has 7 nitrogen and oxygen atoms in total. The van der Waals surface area contributed by atoms with E-state index in [-0.39, 0.29) is 17.8 Å². The summed E-state index contributed by atoms with van der Waals surface area (Å²) < 4.78 is 16.8. The lowest BCUT2D eigenvalue weighted by atomic mass is 10.1. The fraction of sp³-hybridized carbons (Fsp3) is 0.154. The molecule has 0 aliphatic rings. The Morgan fingerprint density at radius 3 is 2.53 bits per heavy atom. The zero-order chi connectivity index (χ0) is 23.7. The number of rotatable bonds is 6. The van der Waals surface area contributed by atoms with Crippen LogP contribution >= 0.6 is 0 Å². The number of fused-ring (bicyclic) bond motifs is 1. The van der Waals surface area contributed by atoms with Gasteiger partial charge in [-0.15, -0.1) is 5.10 Å². The lowest BCUT2D eigenvalue weighted by Gasteiger charge is -2.14. The number of nitrogens with zero attached hydrogens (tertiary/aromatic N) is 5. The van der Waals surface area contributed by atoms with Crippen LogP contribution in [0.3, 0.4) is 0 Å². The molecule has 0 spiro atoms. The van der Waals surface area contributed by atoms with Crippen LogP contribution in [-0.4, -0.2) is 30.7 Å². The number of nitrogens with one attached hydrogen (secondary N) is 1. The van der Waals surface area contributed by atoms with Crippen LogP contribution in [0.5, 0.6) is 0 Å². The van der Waals surface area contributed by atoms with Gasteiger partial charge in [0, 0.05) is 16.8 Å². The second-order valence-electron chi connectivity index (χ2n) is 8.20. The first-order chi connectivity index (χ1) is 16.5. The Bertz CT molecular complexity index is 1450. The molecule has 0 saturated heterocycles. The van der Waals surface area contributed by atoms with E-state index < -0.39 is 0 Å². The Morgan fingerprint density at radius 2 is 1.76 bits per heavy atom. The molecule has 0 fully saturated rings. The molecule has 3 aromatic carbocycles. The van der Waals surface area contributed by atoms with Crippen molar-refractivity contribution in [2.45, 2.75) is 26.4 Å². The molecule has 0 unspecified atom stereocenters. The zero-order valence-electron chi connectivity index (χ0n) is 18.8. The van der Waals surface area contributed by atoms with Crippen LogP contribution in [0.2, 0.25) is 0 Å². The number of carbonyl (C=O) groups is 1. The lowest BCUT2D eigenvalue weighted by molar-refractivity contribution is 0.0940. The summed E-state index contributed by atoms with van der Waals surface area (Å²) in [6.07, 6.45) is 1.73. The molecule has 1 N–H and O–H groups in total. The molecule has 0 radical (unpaired) electrons. The number of para-hydroxylation sites is 1. The summed E-state index contributed by atoms with van der Waals surface area (Å²) in [6.45, 7) is 4.42. The topological polar surface area (TPSA) is 77.6 Å². The number of halogens is 1. The molecule has 5 aromatic rings. The van der Waals surface area contributed by atoms with Gasteiger partial charge in [0.25, 0.3) is 5.91 Å². The van der Waals surface area contributed by atoms with Crippen LogP contribution in [0.1, 0.15) is 40.1 Å². The van der Waals surface area contributed by atoms with Gasteiger partial charge in [0.2, 0.25) is 0 Å². The molecular weight excluding hydrogens is 431 g/mol. The number of hydrogen-bond acceptors (Lipinski definition) is 4. The summed E-state index contributed by atoms with van der Waals surface area (Å²) in [5.41, 5.74) is 5.96. The van der Waals surface area contributed by atoms with Crippen molar-refractivity contribution in [3.63, 3.8) is 0 Å². The van der Waals surface area contributed by atoms with Gasteiger partial charge in [-0.3, -0.25) is 4.79 Å². The van der Waals surface area contributed by atoms with Gasteiger partial charge >= 0.3 is 0 Å². The molecule has 34 heavy (non-hydrogen) atoms. The summed E-state index contributed by atoms with van der Waals surface area (Å²) >= 11 is 0. The average molecular weight is 455 g/mol. The SMILES string of the molecule is Cc1c([C@H](C)NC(=O)c2ccc(Cn3nnc4ccccc43)cc2)cnn1-c1ccc(F)cc1. The van der Waals surface area contributed by atoms with E-state index in [0.29, 0.717) is 12.1 Å². The van der Waals surface area contributed by atoms with Crippen molar-refractivity contribution in [1.82, 2.24) is 30.1 Å². The first kappa shape index (κ1) is 21.5. The average Bonchev–Trinajstić information content (AvgIpc) is 3.43. The van der Waals surface area contributed by atoms with E-state index in [2.05, 4.69) is 20.7 Å². The van der Waals surface area contributed by atoms with Crippen molar-refractivity contribution in [3.8, 4) is 5.69 Å². The number of aromatic nitrogens is 5. The van der Waals surface area contributed by atoms with E-state index in [1.54, 1.807) is 23.0 Å². The van der Waals surface area contributed by atoms with Crippen LogP contribution in [0.4, 0.5) is 4.39 Å². The second-order valence-corrected chi connectivity index (χ2v) is 8.20. The lowest BCUT2D eigenvalue weighted by Crippen LogP contribution is -2.27. The van der Waals surface area contributed by atoms with Gasteiger partial charge in [0.1, 0.15) is 11.3 Å². The summed E-state index contributed by atoms with van der Waals surface area (Å²) in [7, 11) is 0. The van der Waals surface area contributed by atoms with Crippen LogP contribution in [0.25, 0.3) is 16.7 Å². The highest BCUT2D eigenvalue weighted by Crippen LogP contribution is 2.21. The summed E-state index contributed by atoms with van der Waals surface area (Å²) in [5.74, 6) is -0.464. The third-order valence-electron chi connectivity index (χ3n) is 5.90. The number of benzene rings is 3. The van der Waals surface area contributed by atoms with Crippen LogP contribution in [0.15, 0.2) is 79.0 Å². The minimum Gasteiger partial charge on any atom is -0.345 e. The van der Waals surface area contributed by atoms with Gasteiger partial charge in [-0.05, 0) is 67.9 Å². The standard InChI is InChI=1S/C26H23FN6O/c1-17(23-15-28-33(18(23)2)22-13-11-21(27)12-14-22)29-26(34)20-9-7-19(8-10-20)16-32-25-6-4-3-5-24(25)30-31-32/h3-15,17H,16H2,1-2H3,(H,29,34)/t17-/m0/s1. The fourth-order valence-corrected chi connectivity index (χ4v) is 4.02. The Hall–Kier alpha value is -4.33. The Kier molecular flexibility index (Phi) is 5.63. The van der Waals surface area contributed by atoms with Gasteiger partial charge in [-0.25, -0.2) is 13.8 Å². The monoisotopic (exact) mass is 454 g/mol. The number of hydrogen-bond donors (Lipinski definition) is 1. The van der Waals surface area contributed by atoms with E-state index in [0.717, 1.165) is 33.5 Å². The number of amides is 1. The van der Waals surface area contributed by atoms with E-state index in [1.165, 1.54) is 12.1 Å². The molecule has 0 aliphatic heterocycles. The third-order valence-corrected chi connectivity index (χ3v) is 5.90. The van der Waals surface area contributed by atoms with Gasteiger partial charge in [-0.1, -0.05) is 29.5 Å². The normalized spacial score (nSPS) is 12.1. The smallest absolute Gasteiger partial charge is 0.251 e. The van der Waals surface area contributed by atoms with Crippen molar-refractivity contribution in [2.75, 3.05) is 0 Å². The van der Waals surface area contributed by atoms with E-state index in [4.69, 9.17) is 0 Å². The third kappa shape index (κ3) is 4.17. The van der Waals surface area contributed by atoms with Crippen molar-refractivity contribution < 1.29 is 9.18 Å². The molecule has 1 atom stereocenters. The van der Waals surface area contributed by atoms with Crippen molar-refractivity contribution in [2.24, 2.45) is 0 Å². The highest BCUT2D eigenvalue weighted by Gasteiger charge is 2.17. The molecule has 2 aromatic heterocycles. The maximum atomic E-state index is 13.2. The predicted octanol–water partition coefficient (Wildman–Crippen LogP) is 4.60. The summed E-state index contributed by atoms with van der Waals surface area (Å²) in [6, 6.07) is 21.2. The minimum absolute atomic E-state index is 0.167. The Labute approximate surface area is 195 Å². The molecule has 0 bridgehead atoms. The van der Waals surface area contributed by atoms with Crippen LogP contribution in [0, 0.1) is 12.7 Å². The Balaban J connectivity index is 1.27. The second kappa shape index (κ2) is 8.90. The van der Waals surface area contributed by atoms with Crippen LogP contribution < -0.4 is 5.32 Å². The minimum atomic E-state index is -0.296. The van der Waals surface area contributed by atoms with E-state index >= 15 is 0 Å². The first-order valence-electron chi connectivity index (χ1n) is 11.0. The van der Waals surface area contributed by atoms with Crippen molar-refractivity contribution in [3.05, 3.63) is 107 Å². The quantitative estimate of drug-likeness (QED) is 0.407. The molecule has 170 valence electrons. The number of carbonyl (C=O) groups excluding carboxylic acids is 1. The highest BCUT2D eigenvalue weighted by molar-refractivity contribution is 5.94. The molecule has 5 rings (SSSR count). The van der Waals surface area contributed by atoms with Gasteiger partial charge in [-0.2, -0.15) is 5.10 Å². The van der Waals surface area contributed by atoms with Gasteiger partial charge < -0.3 is 5.32 Å². The molecule has 2 heterocycles. The van der Waals surface area contributed by atoms with Crippen molar-refractivity contribution in [1.29, 1.82) is 0 Å². The molecule has 0 aliphatic carbocycles. The van der Waals surface area contributed by atoms with Gasteiger partial charge in [0.15, 0.2) is 0 Å². The van der Waals surface area contributed by atoms with E-state index in [1.807, 2.05) is 67.1 Å². The maximum absolute atomic E-state index is 13.2. The molecule has 8 heteroatoms. The molecule has 1 amide bonds. The fourth-order valence-electron chi connectivity index (χ4n) is 4.02. The highest BCUT2D eigenvalue weighted by atomic mass is 19.1. The Morgan fingerprint density at radius 1 is 1.03 bits per heavy atom. The molecule has 0 saturated carbocycles. The van der Waals surface area contributed by atoms with Crippen LogP contribution in [-0.2, 0) is 6.54 Å². The zero-order valence-corrected chi connectivity index (χ0v) is 18.8. The molecular formula is C26H23FN6O. The van der Waals surface area contributed by atoms with E-state index in [9.17, 15) is 9.18 Å².